The van der Waals surface area contributed by atoms with E-state index in [1.165, 1.54) is 64.2 Å². The van der Waals surface area contributed by atoms with Crippen LogP contribution in [0, 0.1) is 0 Å². The second kappa shape index (κ2) is 52.7. The lowest BCUT2D eigenvalue weighted by molar-refractivity contribution is -0.167. The van der Waals surface area contributed by atoms with E-state index in [1.54, 1.807) is 0 Å². The molecule has 6 nitrogen and oxygen atoms in total. The van der Waals surface area contributed by atoms with Gasteiger partial charge >= 0.3 is 17.9 Å². The molecule has 0 bridgehead atoms. The third kappa shape index (κ3) is 50.9. The van der Waals surface area contributed by atoms with Crippen molar-refractivity contribution < 1.29 is 28.6 Å². The smallest absolute Gasteiger partial charge is 0.306 e. The third-order valence-electron chi connectivity index (χ3n) is 10.7. The molecule has 0 spiro atoms. The number of unbranched alkanes of at least 4 members (excludes halogenated alkanes) is 17. The summed E-state index contributed by atoms with van der Waals surface area (Å²) in [6.07, 6.45) is 70.7. The van der Waals surface area contributed by atoms with Crippen LogP contribution in [-0.4, -0.2) is 37.2 Å². The fraction of sp³-hybridized carbons (Fsp3) is 0.644. The lowest BCUT2D eigenvalue weighted by atomic mass is 10.1. The summed E-state index contributed by atoms with van der Waals surface area (Å²) in [4.78, 5) is 38.0. The van der Waals surface area contributed by atoms with Crippen molar-refractivity contribution in [3.8, 4) is 0 Å². The van der Waals surface area contributed by atoms with Crippen LogP contribution in [0.5, 0.6) is 0 Å². The molecule has 0 aliphatic rings. The van der Waals surface area contributed by atoms with Crippen LogP contribution in [-0.2, 0) is 28.6 Å². The van der Waals surface area contributed by atoms with E-state index in [0.717, 1.165) is 116 Å². The molecule has 1 atom stereocenters. The molecule has 0 aromatic heterocycles. The molecule has 0 aliphatic carbocycles. The van der Waals surface area contributed by atoms with Gasteiger partial charge < -0.3 is 14.2 Å². The summed E-state index contributed by atoms with van der Waals surface area (Å²) in [5.41, 5.74) is 0. The highest BCUT2D eigenvalue weighted by Crippen LogP contribution is 2.12. The van der Waals surface area contributed by atoms with Crippen molar-refractivity contribution in [2.75, 3.05) is 13.2 Å². The van der Waals surface area contributed by atoms with Crippen LogP contribution in [0.3, 0.4) is 0 Å². The molecule has 0 N–H and O–H groups in total. The summed E-state index contributed by atoms with van der Waals surface area (Å²) in [6.45, 7) is 6.39. The van der Waals surface area contributed by atoms with E-state index in [1.807, 2.05) is 0 Å². The fourth-order valence-corrected chi connectivity index (χ4v) is 6.77. The molecule has 0 aromatic rings. The monoisotopic (exact) mass is 901 g/mol. The Hall–Kier alpha value is -3.93. The highest BCUT2D eigenvalue weighted by Gasteiger charge is 2.19. The van der Waals surface area contributed by atoms with E-state index in [9.17, 15) is 14.4 Å². The molecule has 0 fully saturated rings. The normalized spacial score (nSPS) is 13.0. The summed E-state index contributed by atoms with van der Waals surface area (Å²) in [7, 11) is 0. The van der Waals surface area contributed by atoms with Crippen molar-refractivity contribution in [2.45, 2.75) is 232 Å². The van der Waals surface area contributed by atoms with Crippen LogP contribution in [0.2, 0.25) is 0 Å². The summed E-state index contributed by atoms with van der Waals surface area (Å²) in [6, 6.07) is 0. The lowest BCUT2D eigenvalue weighted by Crippen LogP contribution is -2.30. The number of ether oxygens (including phenoxy) is 3. The lowest BCUT2D eigenvalue weighted by Gasteiger charge is -2.18. The van der Waals surface area contributed by atoms with Gasteiger partial charge in [-0.25, -0.2) is 0 Å². The van der Waals surface area contributed by atoms with Crippen LogP contribution >= 0.6 is 0 Å². The van der Waals surface area contributed by atoms with Crippen molar-refractivity contribution in [1.29, 1.82) is 0 Å². The number of carbonyl (C=O) groups excluding carboxylic acids is 3. The second-order valence-corrected chi connectivity index (χ2v) is 17.0. The van der Waals surface area contributed by atoms with E-state index in [4.69, 9.17) is 14.2 Å². The van der Waals surface area contributed by atoms with Crippen LogP contribution in [0.1, 0.15) is 226 Å². The molecule has 0 aliphatic heterocycles. The fourth-order valence-electron chi connectivity index (χ4n) is 6.77. The van der Waals surface area contributed by atoms with Gasteiger partial charge in [-0.05, 0) is 122 Å². The van der Waals surface area contributed by atoms with E-state index in [-0.39, 0.29) is 37.5 Å². The Kier molecular flexibility index (Phi) is 49.5. The first-order valence-corrected chi connectivity index (χ1v) is 26.4. The number of allylic oxidation sites excluding steroid dienone is 18. The van der Waals surface area contributed by atoms with Gasteiger partial charge in [0.1, 0.15) is 13.2 Å². The number of rotatable bonds is 46. The Morgan fingerprint density at radius 2 is 0.615 bits per heavy atom. The maximum absolute atomic E-state index is 12.8. The van der Waals surface area contributed by atoms with Gasteiger partial charge in [-0.2, -0.15) is 0 Å². The minimum atomic E-state index is -0.822. The molecule has 0 unspecified atom stereocenters. The molecule has 0 radical (unpaired) electrons. The molecule has 368 valence electrons. The highest BCUT2D eigenvalue weighted by molar-refractivity contribution is 5.71. The molecular weight excluding hydrogens is 805 g/mol. The van der Waals surface area contributed by atoms with Crippen LogP contribution < -0.4 is 0 Å². The van der Waals surface area contributed by atoms with Gasteiger partial charge in [-0.3, -0.25) is 14.4 Å². The first kappa shape index (κ1) is 61.1. The minimum absolute atomic E-state index is 0.114. The van der Waals surface area contributed by atoms with E-state index >= 15 is 0 Å². The summed E-state index contributed by atoms with van der Waals surface area (Å²) < 4.78 is 16.7. The molecule has 0 saturated heterocycles. The molecular formula is C59H96O6. The van der Waals surface area contributed by atoms with Gasteiger partial charge in [0.15, 0.2) is 6.10 Å². The highest BCUT2D eigenvalue weighted by atomic mass is 16.6. The van der Waals surface area contributed by atoms with E-state index < -0.39 is 6.10 Å². The molecule has 0 aromatic carbocycles. The predicted octanol–water partition coefficient (Wildman–Crippen LogP) is 17.5. The zero-order chi connectivity index (χ0) is 47.2. The molecule has 0 heterocycles. The van der Waals surface area contributed by atoms with Crippen molar-refractivity contribution in [3.05, 3.63) is 109 Å². The molecule has 0 saturated carbocycles. The Morgan fingerprint density at radius 1 is 0.323 bits per heavy atom. The standard InChI is InChI=1S/C59H96O6/c1-4-7-10-13-16-19-22-25-27-29-31-34-37-40-43-46-49-52-58(61)64-55-56(54-63-57(60)51-48-45-42-39-36-33-24-21-18-15-12-9-6-3)65-59(62)53-50-47-44-41-38-35-32-30-28-26-23-20-17-14-11-8-5-2/h8,11,16-17,19-21,24-28,31-32,34-35,41,44,56H,4-7,9-10,12-15,18,22-23,29-30,33,36-40,42-43,45-55H2,1-3H3/b11-8-,19-16-,20-17-,24-21-,27-25-,28-26-,34-31-,35-32-,44-41-/t56-/m0/s1. The average molecular weight is 901 g/mol. The van der Waals surface area contributed by atoms with Crippen LogP contribution in [0.25, 0.3) is 0 Å². The van der Waals surface area contributed by atoms with Crippen molar-refractivity contribution in [3.63, 3.8) is 0 Å². The summed E-state index contributed by atoms with van der Waals surface area (Å²) >= 11 is 0. The van der Waals surface area contributed by atoms with Gasteiger partial charge in [0.25, 0.3) is 0 Å². The number of hydrogen-bond acceptors (Lipinski definition) is 6. The van der Waals surface area contributed by atoms with Crippen LogP contribution in [0.4, 0.5) is 0 Å². The second-order valence-electron chi connectivity index (χ2n) is 17.0. The van der Waals surface area contributed by atoms with Gasteiger partial charge in [-0.1, -0.05) is 194 Å². The number of esters is 3. The maximum Gasteiger partial charge on any atom is 0.306 e. The Balaban J connectivity index is 4.55. The van der Waals surface area contributed by atoms with Crippen LogP contribution in [0.15, 0.2) is 109 Å². The first-order chi connectivity index (χ1) is 32.0. The molecule has 0 amide bonds. The summed E-state index contributed by atoms with van der Waals surface area (Å²) in [5.74, 6) is -1.01. The van der Waals surface area contributed by atoms with Gasteiger partial charge in [0.2, 0.25) is 0 Å². The number of hydrogen-bond donors (Lipinski definition) is 0. The van der Waals surface area contributed by atoms with E-state index in [2.05, 4.69) is 130 Å². The topological polar surface area (TPSA) is 78.9 Å². The van der Waals surface area contributed by atoms with Gasteiger partial charge in [0.05, 0.1) is 0 Å². The Morgan fingerprint density at radius 3 is 1.03 bits per heavy atom. The van der Waals surface area contributed by atoms with Crippen molar-refractivity contribution >= 4 is 17.9 Å². The molecule has 65 heavy (non-hydrogen) atoms. The molecule has 0 rings (SSSR count). The third-order valence-corrected chi connectivity index (χ3v) is 10.7. The van der Waals surface area contributed by atoms with Crippen molar-refractivity contribution in [1.82, 2.24) is 0 Å². The average Bonchev–Trinajstić information content (AvgIpc) is 3.30. The largest absolute Gasteiger partial charge is 0.462 e. The SMILES string of the molecule is CC/C=C\C/C=C\C/C=C\C/C=C\C/C=C\CCCC(=O)O[C@H](COC(=O)CCCCCC/C=C\C/C=C\C/C=C\CCCCC)COC(=O)CCCCCCC/C=C\CCCCCC. The Bertz CT molecular complexity index is 1360. The Labute approximate surface area is 400 Å². The molecule has 6 heteroatoms. The maximum atomic E-state index is 12.8. The first-order valence-electron chi connectivity index (χ1n) is 26.4. The quantitative estimate of drug-likeness (QED) is 0.0262. The zero-order valence-corrected chi connectivity index (χ0v) is 42.0. The van der Waals surface area contributed by atoms with Gasteiger partial charge in [0, 0.05) is 19.3 Å². The van der Waals surface area contributed by atoms with Gasteiger partial charge in [-0.15, -0.1) is 0 Å². The minimum Gasteiger partial charge on any atom is -0.462 e. The zero-order valence-electron chi connectivity index (χ0n) is 42.0. The predicted molar refractivity (Wildman–Crippen MR) is 279 cm³/mol. The summed E-state index contributed by atoms with van der Waals surface area (Å²) in [5, 5.41) is 0. The van der Waals surface area contributed by atoms with Crippen molar-refractivity contribution in [2.24, 2.45) is 0 Å². The number of carbonyl (C=O) groups is 3. The van der Waals surface area contributed by atoms with E-state index in [0.29, 0.717) is 19.3 Å².